The highest BCUT2D eigenvalue weighted by atomic mass is 16.5. The fraction of sp³-hybridized carbons (Fsp3) is 0.955. The molecule has 0 amide bonds. The lowest BCUT2D eigenvalue weighted by molar-refractivity contribution is -0.128. The van der Waals surface area contributed by atoms with Gasteiger partial charge in [0.1, 0.15) is 26.1 Å². The first-order chi connectivity index (χ1) is 12.0. The molecule has 1 fully saturated rings. The molecule has 2 radical (unpaired) electrons. The summed E-state index contributed by atoms with van der Waals surface area (Å²) in [5, 5.41) is 0.419. The van der Waals surface area contributed by atoms with Crippen molar-refractivity contribution in [1.29, 1.82) is 0 Å². The van der Waals surface area contributed by atoms with Crippen LogP contribution in [0.2, 0.25) is 22.3 Å². The second kappa shape index (κ2) is 9.03. The Morgan fingerprint density at radius 3 is 1.89 bits per heavy atom. The first kappa shape index (κ1) is 24.8. The zero-order chi connectivity index (χ0) is 21.1. The van der Waals surface area contributed by atoms with Crippen molar-refractivity contribution in [3.8, 4) is 0 Å². The minimum absolute atomic E-state index is 0.131. The van der Waals surface area contributed by atoms with Crippen LogP contribution < -0.4 is 5.73 Å². The Hall–Kier alpha value is -0.280. The summed E-state index contributed by atoms with van der Waals surface area (Å²) >= 11 is 0. The molecule has 0 heterocycles. The monoisotopic (exact) mass is 375 g/mol. The van der Waals surface area contributed by atoms with Crippen LogP contribution in [0.4, 0.5) is 0 Å². The lowest BCUT2D eigenvalue weighted by Crippen LogP contribution is -2.41. The largest absolute Gasteiger partial charge is 0.361 e. The molecule has 154 valence electrons. The van der Waals surface area contributed by atoms with Crippen LogP contribution in [0, 0.1) is 5.41 Å². The van der Waals surface area contributed by atoms with Crippen LogP contribution in [0.5, 0.6) is 0 Å². The number of hydrogen-bond acceptors (Lipinski definition) is 3. The molecule has 0 aromatic carbocycles. The van der Waals surface area contributed by atoms with E-state index in [9.17, 15) is 4.79 Å². The van der Waals surface area contributed by atoms with Crippen LogP contribution in [-0.4, -0.2) is 32.7 Å². The van der Waals surface area contributed by atoms with Crippen molar-refractivity contribution in [3.63, 3.8) is 0 Å². The van der Waals surface area contributed by atoms with Crippen LogP contribution in [0.25, 0.3) is 0 Å². The topological polar surface area (TPSA) is 52.3 Å². The quantitative estimate of drug-likeness (QED) is 0.396. The number of carbonyl (C=O) groups excluding carboxylic acids is 1. The molecule has 27 heavy (non-hydrogen) atoms. The molecule has 0 spiro atoms. The predicted octanol–water partition coefficient (Wildman–Crippen LogP) is 5.66. The van der Waals surface area contributed by atoms with Gasteiger partial charge >= 0.3 is 0 Å². The van der Waals surface area contributed by atoms with E-state index in [0.717, 1.165) is 6.42 Å². The normalized spacial score (nSPS) is 23.3. The highest BCUT2D eigenvalue weighted by molar-refractivity contribution is 6.49. The van der Waals surface area contributed by atoms with E-state index >= 15 is 0 Å². The summed E-state index contributed by atoms with van der Waals surface area (Å²) in [6, 6.07) is 0. The predicted molar refractivity (Wildman–Crippen MR) is 119 cm³/mol. The minimum atomic E-state index is -0.740. The fourth-order valence-electron chi connectivity index (χ4n) is 3.63. The molecular weight excluding hydrogens is 332 g/mol. The van der Waals surface area contributed by atoms with Crippen LogP contribution >= 0.6 is 0 Å². The molecule has 1 saturated carbocycles. The van der Waals surface area contributed by atoms with Gasteiger partial charge in [0, 0.05) is 18.4 Å². The first-order valence-electron chi connectivity index (χ1n) is 10.7. The van der Waals surface area contributed by atoms with Crippen molar-refractivity contribution in [2.45, 2.75) is 122 Å². The zero-order valence-corrected chi connectivity index (χ0v) is 19.4. The van der Waals surface area contributed by atoms with Gasteiger partial charge in [0.2, 0.25) is 0 Å². The van der Waals surface area contributed by atoms with Gasteiger partial charge in [-0.25, -0.2) is 0 Å². The molecule has 5 heteroatoms. The van der Waals surface area contributed by atoms with Gasteiger partial charge in [-0.2, -0.15) is 0 Å². The molecule has 0 aliphatic heterocycles. The number of ketones is 1. The summed E-state index contributed by atoms with van der Waals surface area (Å²) in [6.45, 7) is 19.8. The molecular formula is C22H43B2NO2. The second-order valence-electron chi connectivity index (χ2n) is 11.7. The Morgan fingerprint density at radius 2 is 1.44 bits per heavy atom. The van der Waals surface area contributed by atoms with Crippen molar-refractivity contribution < 1.29 is 9.53 Å². The Bertz CT molecular complexity index is 490. The van der Waals surface area contributed by atoms with Crippen molar-refractivity contribution >= 4 is 20.3 Å². The van der Waals surface area contributed by atoms with E-state index in [0.29, 0.717) is 31.1 Å². The number of Topliss-reactive ketones (excluding diaryl/α,β-unsaturated/α-hetero) is 1. The van der Waals surface area contributed by atoms with Crippen molar-refractivity contribution in [1.82, 2.24) is 0 Å². The highest BCUT2D eigenvalue weighted by Gasteiger charge is 2.38. The molecule has 1 rings (SSSR count). The molecule has 2 N–H and O–H groups in total. The van der Waals surface area contributed by atoms with E-state index in [2.05, 4.69) is 49.2 Å². The van der Waals surface area contributed by atoms with Gasteiger partial charge in [-0.05, 0) is 19.8 Å². The highest BCUT2D eigenvalue weighted by Crippen LogP contribution is 2.51. The van der Waals surface area contributed by atoms with E-state index in [1.54, 1.807) is 0 Å². The summed E-state index contributed by atoms with van der Waals surface area (Å²) in [5.41, 5.74) is 5.23. The number of carbonyl (C=O) groups is 1. The lowest BCUT2D eigenvalue weighted by atomic mass is 9.30. The van der Waals surface area contributed by atoms with Gasteiger partial charge in [0.15, 0.2) is 0 Å². The van der Waals surface area contributed by atoms with Gasteiger partial charge in [0.05, 0.1) is 0 Å². The van der Waals surface area contributed by atoms with Crippen molar-refractivity contribution in [3.05, 3.63) is 0 Å². The molecule has 0 bridgehead atoms. The summed E-state index contributed by atoms with van der Waals surface area (Å²) in [5.74, 6) is 1.64. The summed E-state index contributed by atoms with van der Waals surface area (Å²) in [7, 11) is 5.05. The molecule has 3 nitrogen and oxygen atoms in total. The maximum Gasteiger partial charge on any atom is 0.138 e. The number of hydrogen-bond donors (Lipinski definition) is 1. The van der Waals surface area contributed by atoms with Crippen LogP contribution in [0.1, 0.15) is 94.4 Å². The fourth-order valence-corrected chi connectivity index (χ4v) is 3.63. The van der Waals surface area contributed by atoms with E-state index in [1.165, 1.54) is 12.8 Å². The molecule has 3 unspecified atom stereocenters. The van der Waals surface area contributed by atoms with Crippen molar-refractivity contribution in [2.75, 3.05) is 6.61 Å². The number of nitrogens with two attached hydrogens (primary N) is 1. The number of rotatable bonds is 10. The van der Waals surface area contributed by atoms with E-state index < -0.39 is 5.72 Å². The Morgan fingerprint density at radius 1 is 0.926 bits per heavy atom. The van der Waals surface area contributed by atoms with E-state index in [-0.39, 0.29) is 21.8 Å². The van der Waals surface area contributed by atoms with Gasteiger partial charge < -0.3 is 10.5 Å². The third-order valence-corrected chi connectivity index (χ3v) is 5.63. The molecule has 0 saturated heterocycles. The number of ether oxygens (including phenoxy) is 1. The first-order valence-corrected chi connectivity index (χ1v) is 10.7. The molecule has 1 aliphatic carbocycles. The Balaban J connectivity index is 2.37. The van der Waals surface area contributed by atoms with Gasteiger partial charge in [-0.1, -0.05) is 90.5 Å². The van der Waals surface area contributed by atoms with Crippen LogP contribution in [0.15, 0.2) is 0 Å². The lowest BCUT2D eigenvalue weighted by Gasteiger charge is -2.43. The van der Waals surface area contributed by atoms with Gasteiger partial charge in [-0.3, -0.25) is 4.79 Å². The standard InChI is InChI=1S/C22H43B2NO2/c1-19(2,3)18(26)12-13-22(9,25)27-15-14-21(7,8)24-17-11-10-16(17)23-20(4,5)6/h16-17H,10-15,25H2,1-9H3. The maximum absolute atomic E-state index is 12.1. The zero-order valence-electron chi connectivity index (χ0n) is 19.4. The summed E-state index contributed by atoms with van der Waals surface area (Å²) < 4.78 is 5.97. The second-order valence-corrected chi connectivity index (χ2v) is 11.7. The average molecular weight is 375 g/mol. The Labute approximate surface area is 170 Å². The van der Waals surface area contributed by atoms with Crippen LogP contribution in [0.3, 0.4) is 0 Å². The third kappa shape index (κ3) is 9.65. The Kier molecular flexibility index (Phi) is 8.28. The molecule has 0 aromatic rings. The van der Waals surface area contributed by atoms with Gasteiger partial charge in [0.25, 0.3) is 0 Å². The summed E-state index contributed by atoms with van der Waals surface area (Å²) in [6.07, 6.45) is 4.60. The molecule has 3 atom stereocenters. The van der Waals surface area contributed by atoms with Crippen LogP contribution in [-0.2, 0) is 9.53 Å². The van der Waals surface area contributed by atoms with Crippen molar-refractivity contribution in [2.24, 2.45) is 11.1 Å². The molecule has 0 aromatic heterocycles. The maximum atomic E-state index is 12.1. The smallest absolute Gasteiger partial charge is 0.138 e. The van der Waals surface area contributed by atoms with E-state index in [1.807, 2.05) is 27.7 Å². The molecule has 1 aliphatic rings. The SMILES string of the molecule is CC(C)(C)[B]C1CCC1[B]C(C)(C)CCOC(C)(N)CCC(=O)C(C)(C)C. The summed E-state index contributed by atoms with van der Waals surface area (Å²) in [4.78, 5) is 12.1. The van der Waals surface area contributed by atoms with E-state index in [4.69, 9.17) is 10.5 Å². The average Bonchev–Trinajstić information content (AvgIpc) is 2.45. The van der Waals surface area contributed by atoms with Gasteiger partial charge in [-0.15, -0.1) is 0 Å². The minimum Gasteiger partial charge on any atom is -0.361 e. The third-order valence-electron chi connectivity index (χ3n) is 5.63.